The summed E-state index contributed by atoms with van der Waals surface area (Å²) in [7, 11) is 3.90. The van der Waals surface area contributed by atoms with Gasteiger partial charge in [-0.25, -0.2) is 4.68 Å². The van der Waals surface area contributed by atoms with Crippen molar-refractivity contribution in [1.29, 1.82) is 0 Å². The van der Waals surface area contributed by atoms with Crippen LogP contribution in [0.5, 0.6) is 0 Å². The number of terminal acetylenes is 1. The van der Waals surface area contributed by atoms with Crippen LogP contribution in [0.2, 0.25) is 0 Å². The number of halogens is 1. The SMILES string of the molecule is C#CC(C)Nc1cnn(CCN(C)C)c(=O)c1Br. The number of nitrogens with one attached hydrogen (secondary N) is 1. The van der Waals surface area contributed by atoms with Crippen LogP contribution in [0.15, 0.2) is 15.5 Å². The molecule has 6 heteroatoms. The first-order chi connectivity index (χ1) is 8.45. The molecule has 0 aliphatic rings. The van der Waals surface area contributed by atoms with Gasteiger partial charge in [0.15, 0.2) is 0 Å². The standard InChI is InChI=1S/C12H17BrN4O/c1-5-9(2)15-10-8-14-17(7-6-16(3)4)12(18)11(10)13/h1,8-9,15H,6-7H2,2-4H3. The number of anilines is 1. The van der Waals surface area contributed by atoms with Gasteiger partial charge < -0.3 is 10.2 Å². The average Bonchev–Trinajstić information content (AvgIpc) is 2.33. The summed E-state index contributed by atoms with van der Waals surface area (Å²) in [5.41, 5.74) is 0.456. The van der Waals surface area contributed by atoms with E-state index in [9.17, 15) is 4.79 Å². The van der Waals surface area contributed by atoms with Crippen LogP contribution < -0.4 is 10.9 Å². The predicted molar refractivity (Wildman–Crippen MR) is 76.7 cm³/mol. The molecular formula is C12H17BrN4O. The van der Waals surface area contributed by atoms with Gasteiger partial charge in [0.25, 0.3) is 5.56 Å². The number of rotatable bonds is 5. The lowest BCUT2D eigenvalue weighted by Gasteiger charge is -2.13. The number of hydrogen-bond acceptors (Lipinski definition) is 4. The van der Waals surface area contributed by atoms with E-state index >= 15 is 0 Å². The van der Waals surface area contributed by atoms with Gasteiger partial charge in [-0.05, 0) is 36.9 Å². The lowest BCUT2D eigenvalue weighted by Crippen LogP contribution is -2.30. The molecule has 0 aliphatic carbocycles. The molecule has 0 amide bonds. The van der Waals surface area contributed by atoms with Gasteiger partial charge in [0.1, 0.15) is 4.47 Å². The molecule has 0 spiro atoms. The van der Waals surface area contributed by atoms with E-state index in [0.717, 1.165) is 6.54 Å². The third-order valence-electron chi connectivity index (χ3n) is 2.37. The van der Waals surface area contributed by atoms with Crippen molar-refractivity contribution in [2.45, 2.75) is 19.5 Å². The van der Waals surface area contributed by atoms with Crippen LogP contribution in [-0.2, 0) is 6.54 Å². The largest absolute Gasteiger partial charge is 0.369 e. The van der Waals surface area contributed by atoms with Crippen LogP contribution in [-0.4, -0.2) is 41.4 Å². The topological polar surface area (TPSA) is 50.2 Å². The monoisotopic (exact) mass is 312 g/mol. The van der Waals surface area contributed by atoms with Gasteiger partial charge in [-0.2, -0.15) is 5.10 Å². The fourth-order valence-electron chi connectivity index (χ4n) is 1.29. The van der Waals surface area contributed by atoms with Crippen molar-refractivity contribution in [2.24, 2.45) is 0 Å². The number of aromatic nitrogens is 2. The molecule has 98 valence electrons. The summed E-state index contributed by atoms with van der Waals surface area (Å²) in [6, 6.07) is -0.153. The molecule has 0 fully saturated rings. The van der Waals surface area contributed by atoms with Crippen LogP contribution in [0, 0.1) is 12.3 Å². The quantitative estimate of drug-likeness (QED) is 0.824. The average molecular weight is 313 g/mol. The Kier molecular flexibility index (Phi) is 5.38. The maximum absolute atomic E-state index is 12.0. The van der Waals surface area contributed by atoms with Crippen molar-refractivity contribution in [3.63, 3.8) is 0 Å². The highest BCUT2D eigenvalue weighted by atomic mass is 79.9. The van der Waals surface area contributed by atoms with Crippen LogP contribution >= 0.6 is 15.9 Å². The highest BCUT2D eigenvalue weighted by Gasteiger charge is 2.10. The van der Waals surface area contributed by atoms with Gasteiger partial charge in [0, 0.05) is 6.54 Å². The van der Waals surface area contributed by atoms with Gasteiger partial charge >= 0.3 is 0 Å². The summed E-state index contributed by atoms with van der Waals surface area (Å²) in [4.78, 5) is 14.0. The summed E-state index contributed by atoms with van der Waals surface area (Å²) >= 11 is 3.28. The zero-order valence-corrected chi connectivity index (χ0v) is 12.4. The molecule has 1 atom stereocenters. The maximum Gasteiger partial charge on any atom is 0.283 e. The minimum Gasteiger partial charge on any atom is -0.369 e. The zero-order chi connectivity index (χ0) is 13.7. The molecule has 0 saturated heterocycles. The van der Waals surface area contributed by atoms with Gasteiger partial charge in [-0.15, -0.1) is 6.42 Å². The first-order valence-corrected chi connectivity index (χ1v) is 6.38. The summed E-state index contributed by atoms with van der Waals surface area (Å²) < 4.78 is 1.88. The molecule has 0 bridgehead atoms. The number of nitrogens with zero attached hydrogens (tertiary/aromatic N) is 3. The maximum atomic E-state index is 12.0. The number of hydrogen-bond donors (Lipinski definition) is 1. The number of likely N-dealkylation sites (N-methyl/N-ethyl adjacent to an activating group) is 1. The fraction of sp³-hybridized carbons (Fsp3) is 0.500. The molecule has 1 rings (SSSR count). The van der Waals surface area contributed by atoms with Crippen LogP contribution in [0.25, 0.3) is 0 Å². The minimum atomic E-state index is -0.161. The second-order valence-corrected chi connectivity index (χ2v) is 5.03. The Labute approximate surface area is 115 Å². The molecule has 0 radical (unpaired) electrons. The second kappa shape index (κ2) is 6.57. The lowest BCUT2D eigenvalue weighted by molar-refractivity contribution is 0.367. The summed E-state index contributed by atoms with van der Waals surface area (Å²) in [5, 5.41) is 7.14. The Bertz CT molecular complexity index is 504. The normalized spacial score (nSPS) is 12.2. The Morgan fingerprint density at radius 3 is 2.89 bits per heavy atom. The van der Waals surface area contributed by atoms with Crippen LogP contribution in [0.3, 0.4) is 0 Å². The fourth-order valence-corrected chi connectivity index (χ4v) is 1.72. The molecule has 1 unspecified atom stereocenters. The summed E-state index contributed by atoms with van der Waals surface area (Å²) in [5.74, 6) is 2.54. The van der Waals surface area contributed by atoms with Crippen molar-refractivity contribution < 1.29 is 0 Å². The Morgan fingerprint density at radius 2 is 2.33 bits per heavy atom. The van der Waals surface area contributed by atoms with Gasteiger partial charge in [-0.1, -0.05) is 5.92 Å². The highest BCUT2D eigenvalue weighted by Crippen LogP contribution is 2.16. The molecule has 0 saturated carbocycles. The molecule has 1 aromatic rings. The van der Waals surface area contributed by atoms with E-state index in [-0.39, 0.29) is 11.6 Å². The minimum absolute atomic E-state index is 0.153. The van der Waals surface area contributed by atoms with E-state index in [4.69, 9.17) is 6.42 Å². The zero-order valence-electron chi connectivity index (χ0n) is 10.8. The van der Waals surface area contributed by atoms with E-state index < -0.39 is 0 Å². The molecule has 18 heavy (non-hydrogen) atoms. The van der Waals surface area contributed by atoms with Crippen molar-refractivity contribution in [2.75, 3.05) is 26.0 Å². The molecule has 1 heterocycles. The smallest absolute Gasteiger partial charge is 0.283 e. The van der Waals surface area contributed by atoms with Crippen molar-refractivity contribution in [3.8, 4) is 12.3 Å². The van der Waals surface area contributed by atoms with Gasteiger partial charge in [0.2, 0.25) is 0 Å². The van der Waals surface area contributed by atoms with E-state index in [1.165, 1.54) is 4.68 Å². The highest BCUT2D eigenvalue weighted by molar-refractivity contribution is 9.10. The summed E-state index contributed by atoms with van der Waals surface area (Å²) in [6.45, 7) is 3.15. The summed E-state index contributed by atoms with van der Waals surface area (Å²) in [6.07, 6.45) is 6.89. The van der Waals surface area contributed by atoms with Crippen LogP contribution in [0.1, 0.15) is 6.92 Å². The lowest BCUT2D eigenvalue weighted by atomic mass is 10.3. The van der Waals surface area contributed by atoms with E-state index in [0.29, 0.717) is 16.7 Å². The molecule has 1 aromatic heterocycles. The van der Waals surface area contributed by atoms with Gasteiger partial charge in [0.05, 0.1) is 24.5 Å². The van der Waals surface area contributed by atoms with E-state index in [2.05, 4.69) is 32.3 Å². The van der Waals surface area contributed by atoms with Gasteiger partial charge in [-0.3, -0.25) is 4.79 Å². The third kappa shape index (κ3) is 3.86. The van der Waals surface area contributed by atoms with Crippen molar-refractivity contribution >= 4 is 21.6 Å². The molecule has 0 aliphatic heterocycles. The molecular weight excluding hydrogens is 296 g/mol. The predicted octanol–water partition coefficient (Wildman–Crippen LogP) is 1.00. The molecule has 0 aromatic carbocycles. The first-order valence-electron chi connectivity index (χ1n) is 5.58. The second-order valence-electron chi connectivity index (χ2n) is 4.24. The van der Waals surface area contributed by atoms with Crippen LogP contribution in [0.4, 0.5) is 5.69 Å². The van der Waals surface area contributed by atoms with Crippen molar-refractivity contribution in [1.82, 2.24) is 14.7 Å². The van der Waals surface area contributed by atoms with Crippen molar-refractivity contribution in [3.05, 3.63) is 21.0 Å². The first kappa shape index (κ1) is 14.7. The Balaban J connectivity index is 2.92. The third-order valence-corrected chi connectivity index (χ3v) is 3.13. The van der Waals surface area contributed by atoms with E-state index in [1.807, 2.05) is 25.9 Å². The molecule has 5 nitrogen and oxygen atoms in total. The Hall–Kier alpha value is -1.32. The Morgan fingerprint density at radius 1 is 1.67 bits per heavy atom. The van der Waals surface area contributed by atoms with E-state index in [1.54, 1.807) is 6.20 Å². The molecule has 1 N–H and O–H groups in total.